The van der Waals surface area contributed by atoms with E-state index in [2.05, 4.69) is 245 Å². The van der Waals surface area contributed by atoms with Gasteiger partial charge in [0.05, 0.1) is 16.5 Å². The molecular weight excluding hydrogens is 885 g/mol. The van der Waals surface area contributed by atoms with Gasteiger partial charge in [0.1, 0.15) is 0 Å². The van der Waals surface area contributed by atoms with Crippen LogP contribution in [0.2, 0.25) is 0 Å². The Bertz CT molecular complexity index is 3330. The van der Waals surface area contributed by atoms with Gasteiger partial charge < -0.3 is 19.6 Å². The monoisotopic (exact) mass is 953 g/mol. The fraction of sp³-hybridized carbons (Fsp3) is 0.304. The van der Waals surface area contributed by atoms with E-state index >= 15 is 0 Å². The molecule has 8 aromatic rings. The topological polar surface area (TPSA) is 13.0 Å². The van der Waals surface area contributed by atoms with Crippen molar-refractivity contribution in [2.45, 2.75) is 106 Å². The van der Waals surface area contributed by atoms with E-state index in [9.17, 15) is 0 Å². The van der Waals surface area contributed by atoms with Crippen LogP contribution in [0.25, 0.3) is 44.5 Å². The quantitative estimate of drug-likeness (QED) is 0.165. The van der Waals surface area contributed by atoms with E-state index in [0.29, 0.717) is 0 Å². The first kappa shape index (κ1) is 44.6. The Hall–Kier alpha value is -7.04. The first-order valence-corrected chi connectivity index (χ1v) is 27.2. The first-order valence-electron chi connectivity index (χ1n) is 27.2. The SMILES string of the molecule is CN(C)c1ccc(N2c3ccc(-c4ccc5c(c4)C4(c6ccccc6-c6ccccc64)c4cc(-c6ccc7c(c6)C6(C)CCCCC6(C)N7c6ccc(N(C)C)cc6)ccc4-5)cc3C3(C)CCCCC23C)cc1. The Labute approximate surface area is 433 Å². The third-order valence-corrected chi connectivity index (χ3v) is 20.2. The molecule has 4 unspecified atom stereocenters. The van der Waals surface area contributed by atoms with Crippen LogP contribution in [0.15, 0.2) is 170 Å². The van der Waals surface area contributed by atoms with Crippen molar-refractivity contribution in [3.05, 3.63) is 203 Å². The second kappa shape index (κ2) is 15.5. The molecule has 6 aliphatic rings. The zero-order chi connectivity index (χ0) is 49.8. The Balaban J connectivity index is 0.919. The third kappa shape index (κ3) is 5.79. The van der Waals surface area contributed by atoms with Crippen LogP contribution in [0.3, 0.4) is 0 Å². The minimum absolute atomic E-state index is 0.0190. The van der Waals surface area contributed by atoms with Crippen LogP contribution in [-0.2, 0) is 16.2 Å². The molecule has 0 radical (unpaired) electrons. The molecule has 73 heavy (non-hydrogen) atoms. The molecule has 364 valence electrons. The van der Waals surface area contributed by atoms with Gasteiger partial charge in [-0.05, 0) is 202 Å². The highest BCUT2D eigenvalue weighted by atomic mass is 15.3. The van der Waals surface area contributed by atoms with E-state index < -0.39 is 5.41 Å². The van der Waals surface area contributed by atoms with Gasteiger partial charge in [0, 0.05) is 73.1 Å². The predicted molar refractivity (Wildman–Crippen MR) is 308 cm³/mol. The summed E-state index contributed by atoms with van der Waals surface area (Å²) in [6.07, 6.45) is 9.78. The Morgan fingerprint density at radius 1 is 0.342 bits per heavy atom. The highest BCUT2D eigenvalue weighted by molar-refractivity contribution is 5.97. The van der Waals surface area contributed by atoms with Crippen LogP contribution in [0, 0.1) is 0 Å². The molecule has 4 aliphatic carbocycles. The van der Waals surface area contributed by atoms with E-state index in [0.717, 1.165) is 0 Å². The average Bonchev–Trinajstić information content (AvgIpc) is 4.03. The molecule has 14 rings (SSSR count). The van der Waals surface area contributed by atoms with Gasteiger partial charge in [0.2, 0.25) is 0 Å². The van der Waals surface area contributed by atoms with Crippen LogP contribution in [-0.4, -0.2) is 39.3 Å². The van der Waals surface area contributed by atoms with Gasteiger partial charge in [-0.25, -0.2) is 0 Å². The number of rotatable bonds is 6. The van der Waals surface area contributed by atoms with Gasteiger partial charge in [0.15, 0.2) is 0 Å². The van der Waals surface area contributed by atoms with E-state index in [1.54, 1.807) is 0 Å². The molecule has 0 aromatic heterocycles. The summed E-state index contributed by atoms with van der Waals surface area (Å²) in [7, 11) is 8.51. The van der Waals surface area contributed by atoms with Crippen molar-refractivity contribution in [2.24, 2.45) is 0 Å². The number of nitrogens with zero attached hydrogens (tertiary/aromatic N) is 4. The fourth-order valence-corrected chi connectivity index (χ4v) is 15.9. The van der Waals surface area contributed by atoms with Gasteiger partial charge in [0.25, 0.3) is 0 Å². The lowest BCUT2D eigenvalue weighted by Crippen LogP contribution is -2.54. The fourth-order valence-electron chi connectivity index (χ4n) is 15.9. The number of hydrogen-bond acceptors (Lipinski definition) is 4. The van der Waals surface area contributed by atoms with Gasteiger partial charge in [-0.2, -0.15) is 0 Å². The van der Waals surface area contributed by atoms with Crippen molar-refractivity contribution < 1.29 is 0 Å². The van der Waals surface area contributed by atoms with Crippen LogP contribution >= 0.6 is 0 Å². The second-order valence-electron chi connectivity index (χ2n) is 23.9. The zero-order valence-corrected chi connectivity index (χ0v) is 44.1. The highest BCUT2D eigenvalue weighted by Gasteiger charge is 2.59. The van der Waals surface area contributed by atoms with E-state index in [1.807, 2.05) is 0 Å². The molecule has 1 spiro atoms. The van der Waals surface area contributed by atoms with Gasteiger partial charge >= 0.3 is 0 Å². The number of hydrogen-bond donors (Lipinski definition) is 0. The minimum atomic E-state index is -0.468. The predicted octanol–water partition coefficient (Wildman–Crippen LogP) is 17.0. The van der Waals surface area contributed by atoms with Crippen LogP contribution in [0.5, 0.6) is 0 Å². The molecule has 0 N–H and O–H groups in total. The molecule has 4 atom stereocenters. The summed E-state index contributed by atoms with van der Waals surface area (Å²) in [4.78, 5) is 9.80. The van der Waals surface area contributed by atoms with Gasteiger partial charge in [-0.1, -0.05) is 124 Å². The number of anilines is 6. The summed E-state index contributed by atoms with van der Waals surface area (Å²) in [6.45, 7) is 10.2. The molecule has 8 aromatic carbocycles. The molecule has 4 nitrogen and oxygen atoms in total. The molecule has 2 heterocycles. The number of benzene rings is 8. The average molecular weight is 953 g/mol. The van der Waals surface area contributed by atoms with E-state index in [4.69, 9.17) is 0 Å². The molecule has 0 saturated heterocycles. The maximum Gasteiger partial charge on any atom is 0.0725 e. The summed E-state index contributed by atoms with van der Waals surface area (Å²) in [5.74, 6) is 0. The second-order valence-corrected chi connectivity index (χ2v) is 23.9. The molecule has 4 heteroatoms. The molecule has 2 saturated carbocycles. The van der Waals surface area contributed by atoms with Crippen molar-refractivity contribution in [3.63, 3.8) is 0 Å². The summed E-state index contributed by atoms with van der Waals surface area (Å²) in [5.41, 5.74) is 26.4. The van der Waals surface area contributed by atoms with Crippen molar-refractivity contribution >= 4 is 34.1 Å². The molecule has 2 aliphatic heterocycles. The summed E-state index contributed by atoms with van der Waals surface area (Å²) in [5, 5.41) is 0. The molecule has 0 amide bonds. The summed E-state index contributed by atoms with van der Waals surface area (Å²) in [6, 6.07) is 66.9. The molecular formula is C69H68N4. The van der Waals surface area contributed by atoms with Crippen molar-refractivity contribution in [2.75, 3.05) is 47.8 Å². The standard InChI is InChI=1S/C69H68N4/c1-65-37-13-15-39-67(65,3)72(51-29-25-49(26-30-51)70(5)6)63-35-23-47(43-61(63)65)45-21-33-55-56-34-22-46(42-60(56)69(59(55)41-45)57-19-11-9-17-53(57)54-18-10-12-20-58(54)69)48-24-36-64-62(44-48)66(2)38-14-16-40-68(66,4)73(64)52-31-27-50(28-32-52)71(7)8/h9-12,17-36,41-44H,13-16,37-40H2,1-8H3. The maximum atomic E-state index is 2.71. The lowest BCUT2D eigenvalue weighted by atomic mass is 9.61. The summed E-state index contributed by atoms with van der Waals surface area (Å²) < 4.78 is 0. The van der Waals surface area contributed by atoms with Crippen LogP contribution < -0.4 is 19.6 Å². The number of fused-ring (bicyclic) bond motifs is 16. The van der Waals surface area contributed by atoms with E-state index in [-0.39, 0.29) is 21.9 Å². The maximum absolute atomic E-state index is 2.71. The normalized spacial score (nSPS) is 24.3. The Kier molecular flexibility index (Phi) is 9.48. The van der Waals surface area contributed by atoms with E-state index in [1.165, 1.54) is 163 Å². The Morgan fingerprint density at radius 2 is 0.685 bits per heavy atom. The van der Waals surface area contributed by atoms with Crippen molar-refractivity contribution in [3.8, 4) is 44.5 Å². The lowest BCUT2D eigenvalue weighted by Gasteiger charge is -2.50. The highest BCUT2D eigenvalue weighted by Crippen LogP contribution is 2.66. The smallest absolute Gasteiger partial charge is 0.0725 e. The zero-order valence-electron chi connectivity index (χ0n) is 44.1. The van der Waals surface area contributed by atoms with Crippen molar-refractivity contribution in [1.82, 2.24) is 0 Å². The largest absolute Gasteiger partial charge is 0.378 e. The van der Waals surface area contributed by atoms with Gasteiger partial charge in [-0.15, -0.1) is 0 Å². The van der Waals surface area contributed by atoms with Crippen LogP contribution in [0.1, 0.15) is 112 Å². The Morgan fingerprint density at radius 3 is 1.08 bits per heavy atom. The van der Waals surface area contributed by atoms with Crippen LogP contribution in [0.4, 0.5) is 34.1 Å². The third-order valence-electron chi connectivity index (χ3n) is 20.2. The lowest BCUT2D eigenvalue weighted by molar-refractivity contribution is 0.195. The first-order chi connectivity index (χ1) is 35.3. The minimum Gasteiger partial charge on any atom is -0.378 e. The summed E-state index contributed by atoms with van der Waals surface area (Å²) >= 11 is 0. The molecule has 0 bridgehead atoms. The van der Waals surface area contributed by atoms with Crippen molar-refractivity contribution in [1.29, 1.82) is 0 Å². The molecule has 2 fully saturated rings. The van der Waals surface area contributed by atoms with Gasteiger partial charge in [-0.3, -0.25) is 0 Å².